The maximum Gasteiger partial charge on any atom is 0.343 e. The molecule has 0 atom stereocenters. The molecule has 0 spiro atoms. The number of benzene rings is 3. The Labute approximate surface area is 186 Å². The van der Waals surface area contributed by atoms with Gasteiger partial charge in [-0.2, -0.15) is 5.10 Å². The first kappa shape index (κ1) is 21.9. The Kier molecular flexibility index (Phi) is 6.96. The van der Waals surface area contributed by atoms with Crippen LogP contribution >= 0.6 is 23.2 Å². The van der Waals surface area contributed by atoms with Gasteiger partial charge in [0, 0.05) is 17.7 Å². The van der Waals surface area contributed by atoms with Crippen molar-refractivity contribution >= 4 is 47.0 Å². The van der Waals surface area contributed by atoms with Crippen LogP contribution in [0, 0.1) is 10.1 Å². The lowest BCUT2D eigenvalue weighted by molar-refractivity contribution is -0.384. The van der Waals surface area contributed by atoms with Gasteiger partial charge in [0.25, 0.3) is 11.6 Å². The number of nitro groups is 1. The van der Waals surface area contributed by atoms with Crippen molar-refractivity contribution in [2.24, 2.45) is 5.10 Å². The second kappa shape index (κ2) is 9.84. The number of rotatable bonds is 6. The van der Waals surface area contributed by atoms with Crippen LogP contribution in [0.2, 0.25) is 10.0 Å². The summed E-state index contributed by atoms with van der Waals surface area (Å²) in [6, 6.07) is 16.1. The lowest BCUT2D eigenvalue weighted by Crippen LogP contribution is -2.17. The van der Waals surface area contributed by atoms with Crippen molar-refractivity contribution in [2.75, 3.05) is 0 Å². The van der Waals surface area contributed by atoms with E-state index in [2.05, 4.69) is 10.5 Å². The molecule has 3 rings (SSSR count). The largest absolute Gasteiger partial charge is 0.423 e. The number of carbonyl (C=O) groups excluding carboxylic acids is 2. The van der Waals surface area contributed by atoms with Gasteiger partial charge in [-0.15, -0.1) is 0 Å². The summed E-state index contributed by atoms with van der Waals surface area (Å²) in [6.07, 6.45) is 1.37. The number of nitrogens with zero attached hydrogens (tertiary/aromatic N) is 2. The highest BCUT2D eigenvalue weighted by atomic mass is 35.5. The molecule has 0 aromatic heterocycles. The highest BCUT2D eigenvalue weighted by Gasteiger charge is 2.12. The van der Waals surface area contributed by atoms with Crippen molar-refractivity contribution in [1.29, 1.82) is 0 Å². The Morgan fingerprint density at radius 2 is 1.71 bits per heavy atom. The third-order valence-electron chi connectivity index (χ3n) is 3.94. The number of ether oxygens (including phenoxy) is 1. The molecule has 10 heteroatoms. The van der Waals surface area contributed by atoms with Gasteiger partial charge in [0.1, 0.15) is 5.75 Å². The Morgan fingerprint density at radius 1 is 0.968 bits per heavy atom. The van der Waals surface area contributed by atoms with Crippen LogP contribution in [0.15, 0.2) is 71.8 Å². The van der Waals surface area contributed by atoms with Crippen LogP contribution in [-0.2, 0) is 0 Å². The summed E-state index contributed by atoms with van der Waals surface area (Å²) in [5, 5.41) is 15.2. The Balaban J connectivity index is 1.58. The molecule has 1 amide bonds. The molecule has 0 saturated heterocycles. The quantitative estimate of drug-likeness (QED) is 0.186. The monoisotopic (exact) mass is 457 g/mol. The van der Waals surface area contributed by atoms with E-state index < -0.39 is 16.8 Å². The predicted molar refractivity (Wildman–Crippen MR) is 116 cm³/mol. The molecule has 0 aliphatic heterocycles. The number of hydrogen-bond donors (Lipinski definition) is 1. The fourth-order valence-electron chi connectivity index (χ4n) is 2.40. The molecule has 0 aliphatic carbocycles. The summed E-state index contributed by atoms with van der Waals surface area (Å²) in [5.74, 6) is -0.884. The van der Waals surface area contributed by atoms with Gasteiger partial charge in [-0.25, -0.2) is 10.2 Å². The second-order valence-electron chi connectivity index (χ2n) is 6.09. The Bertz CT molecular complexity index is 1180. The smallest absolute Gasteiger partial charge is 0.343 e. The standard InChI is InChI=1S/C21H13Cl2N3O5/c22-18-9-6-15(11-19(18)23)21(28)31-17-7-4-13(5-8-17)12-24-25-20(27)14-2-1-3-16(10-14)26(29)30/h1-12H,(H,25,27)/b24-12-. The zero-order valence-corrected chi connectivity index (χ0v) is 17.1. The third-order valence-corrected chi connectivity index (χ3v) is 4.68. The molecule has 0 aliphatic rings. The highest BCUT2D eigenvalue weighted by Crippen LogP contribution is 2.23. The molecule has 0 bridgehead atoms. The van der Waals surface area contributed by atoms with E-state index in [1.54, 1.807) is 24.3 Å². The topological polar surface area (TPSA) is 111 Å². The maximum atomic E-state index is 12.2. The van der Waals surface area contributed by atoms with Crippen molar-refractivity contribution in [3.8, 4) is 5.75 Å². The van der Waals surface area contributed by atoms with E-state index in [0.29, 0.717) is 16.3 Å². The van der Waals surface area contributed by atoms with Crippen LogP contribution < -0.4 is 10.2 Å². The minimum Gasteiger partial charge on any atom is -0.423 e. The van der Waals surface area contributed by atoms with Crippen LogP contribution in [0.5, 0.6) is 5.75 Å². The number of hydrazone groups is 1. The summed E-state index contributed by atoms with van der Waals surface area (Å²) in [7, 11) is 0. The molecule has 156 valence electrons. The summed E-state index contributed by atoms with van der Waals surface area (Å²) >= 11 is 11.7. The van der Waals surface area contributed by atoms with Gasteiger partial charge in [-0.05, 0) is 54.1 Å². The third kappa shape index (κ3) is 5.88. The van der Waals surface area contributed by atoms with E-state index in [0.717, 1.165) is 6.07 Å². The fourth-order valence-corrected chi connectivity index (χ4v) is 2.70. The van der Waals surface area contributed by atoms with Gasteiger partial charge in [-0.1, -0.05) is 29.3 Å². The summed E-state index contributed by atoms with van der Waals surface area (Å²) in [4.78, 5) is 34.4. The number of non-ortho nitro benzene ring substituents is 1. The Morgan fingerprint density at radius 3 is 2.39 bits per heavy atom. The summed E-state index contributed by atoms with van der Waals surface area (Å²) in [5.41, 5.74) is 3.08. The van der Waals surface area contributed by atoms with Crippen molar-refractivity contribution in [3.63, 3.8) is 0 Å². The Hall–Kier alpha value is -3.75. The van der Waals surface area contributed by atoms with E-state index in [9.17, 15) is 19.7 Å². The lowest BCUT2D eigenvalue weighted by atomic mass is 10.2. The molecule has 3 aromatic rings. The molecule has 8 nitrogen and oxygen atoms in total. The van der Waals surface area contributed by atoms with Gasteiger partial charge >= 0.3 is 5.97 Å². The van der Waals surface area contributed by atoms with Crippen molar-refractivity contribution in [1.82, 2.24) is 5.43 Å². The molecule has 1 N–H and O–H groups in total. The molecule has 0 heterocycles. The van der Waals surface area contributed by atoms with Crippen LogP contribution in [0.3, 0.4) is 0 Å². The van der Waals surface area contributed by atoms with Crippen molar-refractivity contribution < 1.29 is 19.2 Å². The maximum absolute atomic E-state index is 12.2. The zero-order chi connectivity index (χ0) is 22.4. The average Bonchev–Trinajstić information content (AvgIpc) is 2.76. The SMILES string of the molecule is O=C(N/N=C\c1ccc(OC(=O)c2ccc(Cl)c(Cl)c2)cc1)c1cccc([N+](=O)[O-])c1. The average molecular weight is 458 g/mol. The van der Waals surface area contributed by atoms with Gasteiger partial charge in [0.2, 0.25) is 0 Å². The minimum absolute atomic E-state index is 0.107. The molecule has 0 saturated carbocycles. The normalized spacial score (nSPS) is 10.6. The number of esters is 1. The van der Waals surface area contributed by atoms with Crippen LogP contribution in [0.4, 0.5) is 5.69 Å². The number of nitro benzene ring substituents is 1. The van der Waals surface area contributed by atoms with Gasteiger partial charge in [-0.3, -0.25) is 14.9 Å². The molecular formula is C21H13Cl2N3O5. The van der Waals surface area contributed by atoms with Crippen LogP contribution in [0.1, 0.15) is 26.3 Å². The van der Waals surface area contributed by atoms with E-state index in [1.807, 2.05) is 0 Å². The van der Waals surface area contributed by atoms with Crippen LogP contribution in [0.25, 0.3) is 0 Å². The molecule has 3 aromatic carbocycles. The molecule has 0 fully saturated rings. The molecule has 0 unspecified atom stereocenters. The van der Waals surface area contributed by atoms with Gasteiger partial charge in [0.15, 0.2) is 0 Å². The van der Waals surface area contributed by atoms with Crippen molar-refractivity contribution in [3.05, 3.63) is 104 Å². The number of halogens is 2. The number of hydrogen-bond acceptors (Lipinski definition) is 6. The van der Waals surface area contributed by atoms with E-state index in [4.69, 9.17) is 27.9 Å². The molecule has 0 radical (unpaired) electrons. The second-order valence-corrected chi connectivity index (χ2v) is 6.91. The van der Waals surface area contributed by atoms with Gasteiger partial charge in [0.05, 0.1) is 26.7 Å². The van der Waals surface area contributed by atoms with Crippen molar-refractivity contribution in [2.45, 2.75) is 0 Å². The predicted octanol–water partition coefficient (Wildman–Crippen LogP) is 4.88. The first-order valence-electron chi connectivity index (χ1n) is 8.68. The minimum atomic E-state index is -0.593. The first-order chi connectivity index (χ1) is 14.8. The molecular weight excluding hydrogens is 445 g/mol. The number of amides is 1. The van der Waals surface area contributed by atoms with Crippen LogP contribution in [-0.4, -0.2) is 23.0 Å². The fraction of sp³-hybridized carbons (Fsp3) is 0. The lowest BCUT2D eigenvalue weighted by Gasteiger charge is -2.05. The van der Waals surface area contributed by atoms with E-state index in [1.165, 1.54) is 42.6 Å². The number of nitrogens with one attached hydrogen (secondary N) is 1. The number of carbonyl (C=O) groups is 2. The highest BCUT2D eigenvalue weighted by molar-refractivity contribution is 6.42. The summed E-state index contributed by atoms with van der Waals surface area (Å²) in [6.45, 7) is 0. The zero-order valence-electron chi connectivity index (χ0n) is 15.6. The first-order valence-corrected chi connectivity index (χ1v) is 9.44. The van der Waals surface area contributed by atoms with E-state index in [-0.39, 0.29) is 21.8 Å². The summed E-state index contributed by atoms with van der Waals surface area (Å²) < 4.78 is 5.27. The van der Waals surface area contributed by atoms with Gasteiger partial charge < -0.3 is 4.74 Å². The van der Waals surface area contributed by atoms with E-state index >= 15 is 0 Å². The molecule has 31 heavy (non-hydrogen) atoms.